The van der Waals surface area contributed by atoms with Gasteiger partial charge in [-0.1, -0.05) is 12.1 Å². The molecule has 12 N–H and O–H groups in total. The maximum Gasteiger partial charge on any atom is 0.322 e. The number of phenols is 1. The van der Waals surface area contributed by atoms with Crippen molar-refractivity contribution in [2.45, 2.75) is 56.7 Å². The Morgan fingerprint density at radius 3 is 1.84 bits per heavy atom. The molecule has 0 aliphatic heterocycles. The molecule has 1 aromatic rings. The van der Waals surface area contributed by atoms with Crippen LogP contribution in [0.5, 0.6) is 5.75 Å². The zero-order chi connectivity index (χ0) is 32.4. The number of unbranched alkanes of at least 4 members (excludes halogenated alkanes) is 1. The highest BCUT2D eigenvalue weighted by atomic mass is 16.4. The summed E-state index contributed by atoms with van der Waals surface area (Å²) in [5.74, 6) is -6.52. The van der Waals surface area contributed by atoms with Gasteiger partial charge in [0.25, 0.3) is 0 Å². The molecule has 43 heavy (non-hydrogen) atoms. The zero-order valence-electron chi connectivity index (χ0n) is 23.5. The topological polar surface area (TPSA) is 292 Å². The van der Waals surface area contributed by atoms with Crippen LogP contribution in [0.25, 0.3) is 0 Å². The fourth-order valence-electron chi connectivity index (χ4n) is 3.72. The first kappa shape index (κ1) is 36.3. The lowest BCUT2D eigenvalue weighted by molar-refractivity contribution is -0.138. The van der Waals surface area contributed by atoms with Gasteiger partial charge in [0.2, 0.25) is 29.5 Å². The molecule has 238 valence electrons. The minimum Gasteiger partial charge on any atom is -0.508 e. The fourth-order valence-corrected chi connectivity index (χ4v) is 3.72. The molecule has 0 saturated heterocycles. The van der Waals surface area contributed by atoms with Crippen LogP contribution in [-0.4, -0.2) is 101 Å². The van der Waals surface area contributed by atoms with E-state index in [1.54, 1.807) is 0 Å². The monoisotopic (exact) mass is 609 g/mol. The van der Waals surface area contributed by atoms with Crippen molar-refractivity contribution in [3.05, 3.63) is 29.8 Å². The largest absolute Gasteiger partial charge is 0.508 e. The number of carboxylic acids is 2. The molecule has 0 aliphatic carbocycles. The lowest BCUT2D eigenvalue weighted by Gasteiger charge is -2.23. The minimum absolute atomic E-state index is 0.00139. The predicted octanol–water partition coefficient (Wildman–Crippen LogP) is -3.34. The van der Waals surface area contributed by atoms with Crippen molar-refractivity contribution in [3.63, 3.8) is 0 Å². The van der Waals surface area contributed by atoms with Crippen molar-refractivity contribution in [1.29, 1.82) is 0 Å². The first-order valence-corrected chi connectivity index (χ1v) is 13.4. The van der Waals surface area contributed by atoms with Crippen molar-refractivity contribution in [3.8, 4) is 5.75 Å². The molecule has 0 radical (unpaired) electrons. The van der Waals surface area contributed by atoms with Crippen LogP contribution >= 0.6 is 0 Å². The van der Waals surface area contributed by atoms with Crippen LogP contribution in [0.3, 0.4) is 0 Å². The number of amides is 5. The van der Waals surface area contributed by atoms with Crippen LogP contribution in [-0.2, 0) is 40.0 Å². The number of nitrogens with two attached hydrogens (primary N) is 2. The van der Waals surface area contributed by atoms with E-state index < -0.39 is 85.7 Å². The average molecular weight is 610 g/mol. The van der Waals surface area contributed by atoms with Gasteiger partial charge in [0.05, 0.1) is 13.1 Å². The van der Waals surface area contributed by atoms with E-state index in [1.165, 1.54) is 24.3 Å². The summed E-state index contributed by atoms with van der Waals surface area (Å²) in [5.41, 5.74) is 11.4. The second-order valence-electron chi connectivity index (χ2n) is 9.42. The smallest absolute Gasteiger partial charge is 0.322 e. The first-order valence-electron chi connectivity index (χ1n) is 13.4. The van der Waals surface area contributed by atoms with Gasteiger partial charge in [0.1, 0.15) is 30.4 Å². The van der Waals surface area contributed by atoms with E-state index in [0.717, 1.165) is 0 Å². The van der Waals surface area contributed by atoms with Gasteiger partial charge in [-0.05, 0) is 49.9 Å². The van der Waals surface area contributed by atoms with E-state index in [4.69, 9.17) is 21.7 Å². The Labute approximate surface area is 247 Å². The Morgan fingerprint density at radius 1 is 0.674 bits per heavy atom. The van der Waals surface area contributed by atoms with Crippen LogP contribution in [0, 0.1) is 0 Å². The van der Waals surface area contributed by atoms with Crippen LogP contribution < -0.4 is 38.1 Å². The van der Waals surface area contributed by atoms with Crippen LogP contribution in [0.2, 0.25) is 0 Å². The van der Waals surface area contributed by atoms with Gasteiger partial charge in [0, 0.05) is 12.8 Å². The van der Waals surface area contributed by atoms with Gasteiger partial charge in [0.15, 0.2) is 0 Å². The zero-order valence-corrected chi connectivity index (χ0v) is 23.5. The fraction of sp³-hybridized carbons (Fsp3) is 0.500. The number of phenolic OH excluding ortho intramolecular Hbond substituents is 1. The highest BCUT2D eigenvalue weighted by molar-refractivity contribution is 5.95. The summed E-state index contributed by atoms with van der Waals surface area (Å²) >= 11 is 0. The van der Waals surface area contributed by atoms with Gasteiger partial charge in [-0.2, -0.15) is 0 Å². The third-order valence-corrected chi connectivity index (χ3v) is 5.93. The third kappa shape index (κ3) is 15.1. The molecule has 3 atom stereocenters. The molecule has 5 amide bonds. The molecule has 1 rings (SSSR count). The number of aliphatic carboxylic acids is 2. The molecule has 0 aliphatic rings. The number of hydrogen-bond acceptors (Lipinski definition) is 10. The van der Waals surface area contributed by atoms with Crippen LogP contribution in [0.4, 0.5) is 0 Å². The van der Waals surface area contributed by atoms with E-state index in [1.807, 2.05) is 0 Å². The number of aromatic hydroxyl groups is 1. The van der Waals surface area contributed by atoms with Crippen molar-refractivity contribution >= 4 is 41.5 Å². The number of carbonyl (C=O) groups is 7. The second-order valence-corrected chi connectivity index (χ2v) is 9.42. The molecule has 0 fully saturated rings. The molecule has 0 saturated carbocycles. The normalized spacial score (nSPS) is 12.6. The minimum atomic E-state index is -1.42. The highest BCUT2D eigenvalue weighted by Gasteiger charge is 2.28. The maximum atomic E-state index is 13.0. The molecule has 0 bridgehead atoms. The Hall–Kier alpha value is -4.77. The van der Waals surface area contributed by atoms with Crippen molar-refractivity contribution in [2.75, 3.05) is 26.2 Å². The lowest BCUT2D eigenvalue weighted by atomic mass is 10.0. The van der Waals surface area contributed by atoms with E-state index >= 15 is 0 Å². The summed E-state index contributed by atoms with van der Waals surface area (Å²) in [7, 11) is 0. The van der Waals surface area contributed by atoms with Crippen molar-refractivity contribution < 1.29 is 48.9 Å². The summed E-state index contributed by atoms with van der Waals surface area (Å²) in [6.45, 7) is -1.44. The Morgan fingerprint density at radius 2 is 1.26 bits per heavy atom. The Balaban J connectivity index is 2.92. The summed E-state index contributed by atoms with van der Waals surface area (Å²) in [6, 6.07) is 2.11. The lowest BCUT2D eigenvalue weighted by Crippen LogP contribution is -2.56. The molecular formula is C26H39N7O10. The van der Waals surface area contributed by atoms with Crippen LogP contribution in [0.1, 0.15) is 37.7 Å². The van der Waals surface area contributed by atoms with Crippen molar-refractivity contribution in [1.82, 2.24) is 26.6 Å². The number of hydrogen-bond donors (Lipinski definition) is 10. The van der Waals surface area contributed by atoms with Gasteiger partial charge >= 0.3 is 11.9 Å². The summed E-state index contributed by atoms with van der Waals surface area (Å²) in [4.78, 5) is 84.8. The van der Waals surface area contributed by atoms with E-state index in [9.17, 15) is 38.7 Å². The summed E-state index contributed by atoms with van der Waals surface area (Å²) in [5, 5.41) is 39.0. The number of nitrogens with one attached hydrogen (secondary N) is 5. The quantitative estimate of drug-likeness (QED) is 0.0649. The summed E-state index contributed by atoms with van der Waals surface area (Å²) < 4.78 is 0. The van der Waals surface area contributed by atoms with Crippen LogP contribution in [0.15, 0.2) is 24.3 Å². The van der Waals surface area contributed by atoms with E-state index in [2.05, 4.69) is 26.6 Å². The Bertz CT molecular complexity index is 1130. The third-order valence-electron chi connectivity index (χ3n) is 5.93. The average Bonchev–Trinajstić information content (AvgIpc) is 2.96. The molecule has 17 heteroatoms. The maximum absolute atomic E-state index is 13.0. The number of carbonyl (C=O) groups excluding carboxylic acids is 5. The molecule has 0 aromatic heterocycles. The molecule has 17 nitrogen and oxygen atoms in total. The SMILES string of the molecule is NCCCC[C@H](NC(=O)[C@H](CCC(=O)O)NC(=O)CNC(=O)[C@H](Cc1ccc(O)cc1)NC(=O)CN)C(=O)NCC(=O)O. The number of benzene rings is 1. The van der Waals surface area contributed by atoms with Gasteiger partial charge in [-0.3, -0.25) is 33.6 Å². The molecule has 1 aromatic carbocycles. The summed E-state index contributed by atoms with van der Waals surface area (Å²) in [6.07, 6.45) is 0.138. The van der Waals surface area contributed by atoms with Crippen molar-refractivity contribution in [2.24, 2.45) is 11.5 Å². The molecular weight excluding hydrogens is 570 g/mol. The number of rotatable bonds is 20. The molecule has 0 spiro atoms. The van der Waals surface area contributed by atoms with Gasteiger partial charge in [-0.15, -0.1) is 0 Å². The highest BCUT2D eigenvalue weighted by Crippen LogP contribution is 2.11. The van der Waals surface area contributed by atoms with E-state index in [0.29, 0.717) is 24.9 Å². The van der Waals surface area contributed by atoms with Gasteiger partial charge < -0.3 is 53.4 Å². The van der Waals surface area contributed by atoms with E-state index in [-0.39, 0.29) is 25.0 Å². The standard InChI is InChI=1S/C26H39N7O10/c27-10-2-1-3-17(24(41)30-14-23(39)40)33-26(43)18(8-9-22(37)38)31-21(36)13-29-25(42)19(32-20(35)12-28)11-15-4-6-16(34)7-5-15/h4-7,17-19,34H,1-3,8-14,27-28H2,(H,29,42)(H,30,41)(H,31,36)(H,32,35)(H,33,43)(H,37,38)(H,39,40)/t17-,18-,19-/m0/s1. The predicted molar refractivity (Wildman–Crippen MR) is 150 cm³/mol. The molecule has 0 unspecified atom stereocenters. The first-order chi connectivity index (χ1) is 20.4. The number of carboxylic acid groups (broad SMARTS) is 2. The molecule has 0 heterocycles. The van der Waals surface area contributed by atoms with Gasteiger partial charge in [-0.25, -0.2) is 0 Å². The Kier molecular flexibility index (Phi) is 16.3. The second kappa shape index (κ2) is 19.4.